The second-order valence-corrected chi connectivity index (χ2v) is 9.95. The van der Waals surface area contributed by atoms with E-state index in [4.69, 9.17) is 11.6 Å². The molecule has 0 spiro atoms. The van der Waals surface area contributed by atoms with Gasteiger partial charge in [0.05, 0.1) is 34.6 Å². The first kappa shape index (κ1) is 24.4. The molecule has 2 aliphatic heterocycles. The molecule has 12 heteroatoms. The first-order chi connectivity index (χ1) is 17.1. The summed E-state index contributed by atoms with van der Waals surface area (Å²) >= 11 is 6.97. The minimum Gasteiger partial charge on any atom is -0.481 e. The Morgan fingerprint density at radius 3 is 2.78 bits per heavy atom. The van der Waals surface area contributed by atoms with Gasteiger partial charge in [-0.3, -0.25) is 14.3 Å². The molecule has 1 saturated heterocycles. The predicted molar refractivity (Wildman–Crippen MR) is 131 cm³/mol. The molecule has 186 valence electrons. The third-order valence-electron chi connectivity index (χ3n) is 6.08. The van der Waals surface area contributed by atoms with Gasteiger partial charge in [0, 0.05) is 23.5 Å². The van der Waals surface area contributed by atoms with Gasteiger partial charge in [-0.15, -0.1) is 0 Å². The number of carbonyl (C=O) groups is 2. The summed E-state index contributed by atoms with van der Waals surface area (Å²) < 4.78 is 41.9. The van der Waals surface area contributed by atoms with Crippen molar-refractivity contribution in [1.82, 2.24) is 14.7 Å². The van der Waals surface area contributed by atoms with E-state index in [1.54, 1.807) is 35.4 Å². The summed E-state index contributed by atoms with van der Waals surface area (Å²) in [6, 6.07) is 8.95. The third-order valence-corrected chi connectivity index (χ3v) is 7.36. The first-order valence-corrected chi connectivity index (χ1v) is 12.1. The Bertz CT molecular complexity index is 1450. The van der Waals surface area contributed by atoms with Crippen molar-refractivity contribution < 1.29 is 27.9 Å². The van der Waals surface area contributed by atoms with Gasteiger partial charge in [0.25, 0.3) is 5.91 Å². The molecule has 1 N–H and O–H groups in total. The van der Waals surface area contributed by atoms with E-state index >= 15 is 0 Å². The fraction of sp³-hybridized carbons (Fsp3) is 0.250. The number of alkyl halides is 3. The van der Waals surface area contributed by atoms with E-state index < -0.39 is 29.5 Å². The smallest absolute Gasteiger partial charge is 0.416 e. The van der Waals surface area contributed by atoms with Crippen LogP contribution in [0.5, 0.6) is 0 Å². The highest BCUT2D eigenvalue weighted by Crippen LogP contribution is 2.35. The number of fused-ring (bicyclic) bond motifs is 1. The number of nitrogens with zero attached hydrogens (tertiary/aromatic N) is 4. The van der Waals surface area contributed by atoms with Gasteiger partial charge >= 0.3 is 12.1 Å². The van der Waals surface area contributed by atoms with Crippen molar-refractivity contribution in [3.05, 3.63) is 69.2 Å². The van der Waals surface area contributed by atoms with E-state index in [9.17, 15) is 27.9 Å². The number of aliphatic imine (C=N–C) groups is 1. The van der Waals surface area contributed by atoms with Crippen molar-refractivity contribution >= 4 is 57.4 Å². The van der Waals surface area contributed by atoms with Gasteiger partial charge in [-0.2, -0.15) is 23.3 Å². The van der Waals surface area contributed by atoms with Crippen LogP contribution < -0.4 is 0 Å². The van der Waals surface area contributed by atoms with Gasteiger partial charge in [-0.25, -0.2) is 0 Å². The van der Waals surface area contributed by atoms with E-state index in [0.717, 1.165) is 6.07 Å². The van der Waals surface area contributed by atoms with E-state index in [-0.39, 0.29) is 17.1 Å². The van der Waals surface area contributed by atoms with E-state index in [1.807, 2.05) is 0 Å². The molecule has 2 aromatic carbocycles. The predicted octanol–water partition coefficient (Wildman–Crippen LogP) is 5.13. The minimum absolute atomic E-state index is 0.00646. The van der Waals surface area contributed by atoms with Crippen molar-refractivity contribution in [1.29, 1.82) is 0 Å². The second kappa shape index (κ2) is 9.29. The topological polar surface area (TPSA) is 87.8 Å². The standard InChI is InChI=1S/C24H18ClF3N4O3S/c25-17-3-2-14(18(9-17)24(26,27)28)12-32-19-4-1-13(7-16(19)10-29-32)8-20-21(33)30-23(36-20)31-6-5-15(11-31)22(34)35/h1-4,7-10,15H,5-6,11-12H2,(H,34,35)/b20-8-. The molecule has 1 atom stereocenters. The molecular formula is C24H18ClF3N4O3S. The lowest BCUT2D eigenvalue weighted by atomic mass is 10.1. The van der Waals surface area contributed by atoms with Crippen molar-refractivity contribution in [2.75, 3.05) is 13.1 Å². The quantitative estimate of drug-likeness (QED) is 0.467. The molecule has 2 aliphatic rings. The number of aromatic nitrogens is 2. The van der Waals surface area contributed by atoms with Gasteiger partial charge in [-0.1, -0.05) is 23.7 Å². The largest absolute Gasteiger partial charge is 0.481 e. The van der Waals surface area contributed by atoms with Crippen LogP contribution in [0.25, 0.3) is 17.0 Å². The lowest BCUT2D eigenvalue weighted by Gasteiger charge is -2.15. The third kappa shape index (κ3) is 4.85. The van der Waals surface area contributed by atoms with Crippen LogP contribution in [0.15, 0.2) is 52.5 Å². The first-order valence-electron chi connectivity index (χ1n) is 10.9. The summed E-state index contributed by atoms with van der Waals surface area (Å²) in [5.41, 5.74) is 0.592. The number of likely N-dealkylation sites (tertiary alicyclic amines) is 1. The SMILES string of the molecule is O=C1N=C(N2CCC(C(=O)O)C2)S/C1=C\c1ccc2c(cnn2Cc2ccc(Cl)cc2C(F)(F)F)c1. The Labute approximate surface area is 212 Å². The van der Waals surface area contributed by atoms with Crippen molar-refractivity contribution in [2.45, 2.75) is 19.1 Å². The maximum Gasteiger partial charge on any atom is 0.416 e. The fourth-order valence-electron chi connectivity index (χ4n) is 4.25. The molecule has 1 aromatic heterocycles. The maximum absolute atomic E-state index is 13.5. The number of amidine groups is 1. The second-order valence-electron chi connectivity index (χ2n) is 8.50. The van der Waals surface area contributed by atoms with E-state index in [0.29, 0.717) is 46.0 Å². The van der Waals surface area contributed by atoms with Crippen LogP contribution in [-0.2, 0) is 22.3 Å². The Kier molecular flexibility index (Phi) is 6.29. The molecule has 7 nitrogen and oxygen atoms in total. The number of thioether (sulfide) groups is 1. The van der Waals surface area contributed by atoms with Crippen molar-refractivity contribution in [3.63, 3.8) is 0 Å². The van der Waals surface area contributed by atoms with Crippen molar-refractivity contribution in [2.24, 2.45) is 10.9 Å². The Morgan fingerprint density at radius 2 is 2.06 bits per heavy atom. The molecular weight excluding hydrogens is 517 g/mol. The minimum atomic E-state index is -4.54. The number of carbonyl (C=O) groups excluding carboxylic acids is 1. The van der Waals surface area contributed by atoms with Crippen LogP contribution in [0, 0.1) is 5.92 Å². The van der Waals surface area contributed by atoms with Crippen LogP contribution in [0.3, 0.4) is 0 Å². The zero-order valence-electron chi connectivity index (χ0n) is 18.5. The average Bonchev–Trinajstić information content (AvgIpc) is 3.54. The molecule has 1 unspecified atom stereocenters. The number of halogens is 4. The lowest BCUT2D eigenvalue weighted by Crippen LogP contribution is -2.26. The van der Waals surface area contributed by atoms with Gasteiger partial charge in [0.2, 0.25) is 0 Å². The molecule has 0 radical (unpaired) electrons. The number of amides is 1. The molecule has 5 rings (SSSR count). The maximum atomic E-state index is 13.5. The fourth-order valence-corrected chi connectivity index (χ4v) is 5.37. The van der Waals surface area contributed by atoms with Gasteiger partial charge in [0.1, 0.15) is 0 Å². The summed E-state index contributed by atoms with van der Waals surface area (Å²) in [5, 5.41) is 14.6. The summed E-state index contributed by atoms with van der Waals surface area (Å²) in [4.78, 5) is 29.9. The highest BCUT2D eigenvalue weighted by molar-refractivity contribution is 8.18. The number of hydrogen-bond donors (Lipinski definition) is 1. The molecule has 0 aliphatic carbocycles. The molecule has 36 heavy (non-hydrogen) atoms. The van der Waals surface area contributed by atoms with E-state index in [2.05, 4.69) is 10.1 Å². The average molecular weight is 535 g/mol. The number of hydrogen-bond acceptors (Lipinski definition) is 5. The number of aliphatic carboxylic acids is 1. The van der Waals surface area contributed by atoms with Crippen LogP contribution in [-0.4, -0.2) is 49.9 Å². The highest BCUT2D eigenvalue weighted by atomic mass is 35.5. The van der Waals surface area contributed by atoms with Crippen LogP contribution in [0.1, 0.15) is 23.1 Å². The Morgan fingerprint density at radius 1 is 1.25 bits per heavy atom. The summed E-state index contributed by atoms with van der Waals surface area (Å²) in [6.45, 7) is 0.753. The van der Waals surface area contributed by atoms with Crippen LogP contribution >= 0.6 is 23.4 Å². The van der Waals surface area contributed by atoms with Gasteiger partial charge < -0.3 is 10.0 Å². The molecule has 1 fully saturated rings. The zero-order valence-corrected chi connectivity index (χ0v) is 20.1. The van der Waals surface area contributed by atoms with Gasteiger partial charge in [-0.05, 0) is 59.7 Å². The molecule has 3 aromatic rings. The number of carboxylic acid groups (broad SMARTS) is 1. The Hall–Kier alpha value is -3.31. The van der Waals surface area contributed by atoms with Crippen LogP contribution in [0.2, 0.25) is 5.02 Å². The monoisotopic (exact) mass is 534 g/mol. The molecule has 1 amide bonds. The summed E-state index contributed by atoms with van der Waals surface area (Å²) in [7, 11) is 0. The molecule has 0 bridgehead atoms. The molecule has 0 saturated carbocycles. The number of benzene rings is 2. The zero-order chi connectivity index (χ0) is 25.6. The number of rotatable bonds is 4. The molecule has 3 heterocycles. The summed E-state index contributed by atoms with van der Waals surface area (Å²) in [6.07, 6.45) is -0.795. The lowest BCUT2D eigenvalue weighted by molar-refractivity contribution is -0.141. The number of carboxylic acids is 1. The van der Waals surface area contributed by atoms with Crippen molar-refractivity contribution in [3.8, 4) is 0 Å². The normalized spacial score (nSPS) is 19.5. The van der Waals surface area contributed by atoms with Gasteiger partial charge in [0.15, 0.2) is 5.17 Å². The highest BCUT2D eigenvalue weighted by Gasteiger charge is 2.35. The van der Waals surface area contributed by atoms with E-state index in [1.165, 1.54) is 28.6 Å². The Balaban J connectivity index is 1.35. The summed E-state index contributed by atoms with van der Waals surface area (Å²) in [5.74, 6) is -1.73. The van der Waals surface area contributed by atoms with Crippen LogP contribution in [0.4, 0.5) is 13.2 Å².